The molecule has 0 aromatic carbocycles. The van der Waals surface area contributed by atoms with Crippen LogP contribution >= 0.6 is 0 Å². The van der Waals surface area contributed by atoms with Crippen molar-refractivity contribution in [3.63, 3.8) is 0 Å². The third-order valence-electron chi connectivity index (χ3n) is 1.37. The minimum Gasteiger partial charge on any atom is -0.462 e. The van der Waals surface area contributed by atoms with Gasteiger partial charge in [0.05, 0.1) is 12.2 Å². The minimum atomic E-state index is -0.240. The number of ether oxygens (including phenoxy) is 1. The van der Waals surface area contributed by atoms with Gasteiger partial charge in [-0.2, -0.15) is 0 Å². The fourth-order valence-corrected chi connectivity index (χ4v) is 0.814. The Labute approximate surface area is 73.9 Å². The molecule has 2 heteroatoms. The van der Waals surface area contributed by atoms with E-state index in [1.165, 1.54) is 0 Å². The molecule has 0 fully saturated rings. The maximum atomic E-state index is 11.2. The Bertz CT molecular complexity index is 208. The Balaban J connectivity index is 4.54. The summed E-state index contributed by atoms with van der Waals surface area (Å²) >= 11 is 0. The Hall–Kier alpha value is -1.05. The molecule has 0 aromatic heterocycles. The van der Waals surface area contributed by atoms with Crippen LogP contribution < -0.4 is 0 Å². The summed E-state index contributed by atoms with van der Waals surface area (Å²) in [5, 5.41) is 0. The fourth-order valence-electron chi connectivity index (χ4n) is 0.814. The standard InChI is InChI=1S/C10H16O2/c1-5-7-9(8(3)4)10(11)12-6-2/h5,7H,6H2,1-4H3. The number of rotatable bonds is 3. The number of esters is 1. The van der Waals surface area contributed by atoms with Crippen molar-refractivity contribution in [2.24, 2.45) is 0 Å². The molecule has 0 aliphatic rings. The molecule has 0 aromatic rings. The van der Waals surface area contributed by atoms with E-state index in [-0.39, 0.29) is 5.97 Å². The molecular formula is C10H16O2. The van der Waals surface area contributed by atoms with E-state index in [1.54, 1.807) is 13.0 Å². The van der Waals surface area contributed by atoms with E-state index in [0.717, 1.165) is 5.57 Å². The molecule has 0 spiro atoms. The highest BCUT2D eigenvalue weighted by Crippen LogP contribution is 2.07. The summed E-state index contributed by atoms with van der Waals surface area (Å²) in [5.41, 5.74) is 1.63. The highest BCUT2D eigenvalue weighted by Gasteiger charge is 2.07. The van der Waals surface area contributed by atoms with Gasteiger partial charge in [-0.1, -0.05) is 17.7 Å². The zero-order valence-corrected chi connectivity index (χ0v) is 8.18. The maximum Gasteiger partial charge on any atom is 0.338 e. The Morgan fingerprint density at radius 1 is 1.42 bits per heavy atom. The number of carbonyl (C=O) groups excluding carboxylic acids is 1. The first kappa shape index (κ1) is 11.0. The van der Waals surface area contributed by atoms with Crippen LogP contribution in [0.1, 0.15) is 27.7 Å². The molecule has 0 saturated heterocycles. The van der Waals surface area contributed by atoms with Crippen molar-refractivity contribution in [1.29, 1.82) is 0 Å². The molecule has 0 aliphatic carbocycles. The third kappa shape index (κ3) is 3.37. The zero-order chi connectivity index (χ0) is 9.56. The Morgan fingerprint density at radius 3 is 2.33 bits per heavy atom. The van der Waals surface area contributed by atoms with Crippen molar-refractivity contribution >= 4 is 5.97 Å². The second-order valence-electron chi connectivity index (χ2n) is 2.63. The smallest absolute Gasteiger partial charge is 0.338 e. The summed E-state index contributed by atoms with van der Waals surface area (Å²) in [7, 11) is 0. The molecule has 0 rings (SSSR count). The van der Waals surface area contributed by atoms with Crippen LogP contribution in [0.25, 0.3) is 0 Å². The van der Waals surface area contributed by atoms with E-state index in [0.29, 0.717) is 12.2 Å². The third-order valence-corrected chi connectivity index (χ3v) is 1.37. The van der Waals surface area contributed by atoms with Gasteiger partial charge < -0.3 is 4.74 Å². The molecule has 0 radical (unpaired) electrons. The minimum absolute atomic E-state index is 0.240. The molecule has 0 unspecified atom stereocenters. The van der Waals surface area contributed by atoms with Gasteiger partial charge in [-0.15, -0.1) is 0 Å². The molecule has 0 amide bonds. The second-order valence-corrected chi connectivity index (χ2v) is 2.63. The van der Waals surface area contributed by atoms with Crippen molar-refractivity contribution in [2.45, 2.75) is 27.7 Å². The normalized spacial score (nSPS) is 10.0. The van der Waals surface area contributed by atoms with Crippen LogP contribution in [-0.2, 0) is 9.53 Å². The predicted molar refractivity (Wildman–Crippen MR) is 49.8 cm³/mol. The molecule has 0 bridgehead atoms. The van der Waals surface area contributed by atoms with E-state index in [4.69, 9.17) is 4.74 Å². The van der Waals surface area contributed by atoms with Gasteiger partial charge >= 0.3 is 5.97 Å². The first-order chi connectivity index (χ1) is 5.63. The van der Waals surface area contributed by atoms with Gasteiger partial charge in [-0.05, 0) is 27.7 Å². The Morgan fingerprint density at radius 2 is 2.00 bits per heavy atom. The fraction of sp³-hybridized carbons (Fsp3) is 0.500. The maximum absolute atomic E-state index is 11.2. The number of carbonyl (C=O) groups is 1. The lowest BCUT2D eigenvalue weighted by Gasteiger charge is -2.03. The molecule has 2 nitrogen and oxygen atoms in total. The van der Waals surface area contributed by atoms with Crippen LogP contribution in [0.5, 0.6) is 0 Å². The van der Waals surface area contributed by atoms with Crippen LogP contribution in [-0.4, -0.2) is 12.6 Å². The van der Waals surface area contributed by atoms with Crippen LogP contribution in [0, 0.1) is 0 Å². The summed E-state index contributed by atoms with van der Waals surface area (Å²) < 4.78 is 4.87. The highest BCUT2D eigenvalue weighted by molar-refractivity contribution is 5.92. The first-order valence-electron chi connectivity index (χ1n) is 4.10. The van der Waals surface area contributed by atoms with Crippen molar-refractivity contribution < 1.29 is 9.53 Å². The van der Waals surface area contributed by atoms with Crippen LogP contribution in [0.15, 0.2) is 23.3 Å². The SMILES string of the molecule is CC=CC(C(=O)OCC)=C(C)C. The van der Waals surface area contributed by atoms with Gasteiger partial charge in [-0.25, -0.2) is 4.79 Å². The monoisotopic (exact) mass is 168 g/mol. The number of hydrogen-bond donors (Lipinski definition) is 0. The summed E-state index contributed by atoms with van der Waals surface area (Å²) in [4.78, 5) is 11.2. The van der Waals surface area contributed by atoms with Gasteiger partial charge in [-0.3, -0.25) is 0 Å². The van der Waals surface area contributed by atoms with E-state index in [1.807, 2.05) is 26.8 Å². The quantitative estimate of drug-likeness (QED) is 0.367. The van der Waals surface area contributed by atoms with E-state index < -0.39 is 0 Å². The van der Waals surface area contributed by atoms with Gasteiger partial charge in [0.2, 0.25) is 0 Å². The van der Waals surface area contributed by atoms with Crippen LogP contribution in [0.2, 0.25) is 0 Å². The molecular weight excluding hydrogens is 152 g/mol. The average Bonchev–Trinajstić information content (AvgIpc) is 1.99. The van der Waals surface area contributed by atoms with Crippen LogP contribution in [0.3, 0.4) is 0 Å². The molecule has 0 aliphatic heterocycles. The largest absolute Gasteiger partial charge is 0.462 e. The second kappa shape index (κ2) is 5.58. The molecule has 12 heavy (non-hydrogen) atoms. The number of allylic oxidation sites excluding steroid dienone is 2. The van der Waals surface area contributed by atoms with Crippen molar-refractivity contribution in [2.75, 3.05) is 6.61 Å². The van der Waals surface area contributed by atoms with Gasteiger partial charge in [0.1, 0.15) is 0 Å². The summed E-state index contributed by atoms with van der Waals surface area (Å²) in [6.45, 7) is 7.89. The zero-order valence-electron chi connectivity index (χ0n) is 8.18. The molecule has 0 heterocycles. The lowest BCUT2D eigenvalue weighted by molar-refractivity contribution is -0.138. The van der Waals surface area contributed by atoms with Gasteiger partial charge in [0.15, 0.2) is 0 Å². The topological polar surface area (TPSA) is 26.3 Å². The summed E-state index contributed by atoms with van der Waals surface area (Å²) in [6, 6.07) is 0. The summed E-state index contributed by atoms with van der Waals surface area (Å²) in [6.07, 6.45) is 3.60. The van der Waals surface area contributed by atoms with Crippen LogP contribution in [0.4, 0.5) is 0 Å². The van der Waals surface area contributed by atoms with Crippen molar-refractivity contribution in [3.05, 3.63) is 23.3 Å². The molecule has 0 N–H and O–H groups in total. The van der Waals surface area contributed by atoms with Gasteiger partial charge in [0.25, 0.3) is 0 Å². The van der Waals surface area contributed by atoms with E-state index >= 15 is 0 Å². The van der Waals surface area contributed by atoms with E-state index in [2.05, 4.69) is 0 Å². The van der Waals surface area contributed by atoms with Gasteiger partial charge in [0, 0.05) is 0 Å². The average molecular weight is 168 g/mol. The lowest BCUT2D eigenvalue weighted by atomic mass is 10.1. The lowest BCUT2D eigenvalue weighted by Crippen LogP contribution is -2.07. The number of hydrogen-bond acceptors (Lipinski definition) is 2. The van der Waals surface area contributed by atoms with Crippen molar-refractivity contribution in [3.8, 4) is 0 Å². The molecule has 0 atom stereocenters. The highest BCUT2D eigenvalue weighted by atomic mass is 16.5. The summed E-state index contributed by atoms with van der Waals surface area (Å²) in [5.74, 6) is -0.240. The molecule has 68 valence electrons. The van der Waals surface area contributed by atoms with Crippen molar-refractivity contribution in [1.82, 2.24) is 0 Å². The predicted octanol–water partition coefficient (Wildman–Crippen LogP) is 2.46. The molecule has 0 saturated carbocycles. The first-order valence-corrected chi connectivity index (χ1v) is 4.10. The van der Waals surface area contributed by atoms with E-state index in [9.17, 15) is 4.79 Å². The Kier molecular flexibility index (Phi) is 5.09.